The third-order valence-corrected chi connectivity index (χ3v) is 7.54. The van der Waals surface area contributed by atoms with Gasteiger partial charge in [0, 0.05) is 11.3 Å². The van der Waals surface area contributed by atoms with E-state index in [0.717, 1.165) is 18.6 Å². The quantitative estimate of drug-likeness (QED) is 0.435. The topological polar surface area (TPSA) is 46.5 Å². The molecule has 0 aliphatic carbocycles. The Morgan fingerprint density at radius 1 is 1.08 bits per heavy atom. The minimum atomic E-state index is -0.678. The van der Waals surface area contributed by atoms with E-state index < -0.39 is 5.97 Å². The maximum atomic E-state index is 10.5. The van der Waals surface area contributed by atoms with E-state index in [1.807, 2.05) is 23.5 Å². The van der Waals surface area contributed by atoms with Crippen molar-refractivity contribution >= 4 is 29.5 Å². The van der Waals surface area contributed by atoms with Crippen LogP contribution < -0.4 is 0 Å². The molecule has 1 aromatic carbocycles. The minimum absolute atomic E-state index is 0.303. The Kier molecular flexibility index (Phi) is 7.56. The van der Waals surface area contributed by atoms with Gasteiger partial charge in [-0.05, 0) is 73.3 Å². The number of unbranched alkanes of at least 4 members (excludes halogenated alkanes) is 1. The van der Waals surface area contributed by atoms with Crippen molar-refractivity contribution in [3.63, 3.8) is 0 Å². The summed E-state index contributed by atoms with van der Waals surface area (Å²) in [6, 6.07) is 10.6. The molecule has 2 bridgehead atoms. The van der Waals surface area contributed by atoms with E-state index in [1.165, 1.54) is 35.7 Å². The molecule has 2 heterocycles. The molecule has 0 saturated carbocycles. The SMILES string of the molecule is O=C(O)CCCCSC[C@@H]1[C@H](CCSc2ccccc2)[C@@H]2CC[C@H]1O2. The van der Waals surface area contributed by atoms with Gasteiger partial charge in [-0.1, -0.05) is 18.2 Å². The van der Waals surface area contributed by atoms with Crippen LogP contribution >= 0.6 is 23.5 Å². The van der Waals surface area contributed by atoms with Crippen molar-refractivity contribution in [3.8, 4) is 0 Å². The van der Waals surface area contributed by atoms with Crippen LogP contribution in [0, 0.1) is 11.8 Å². The molecule has 0 amide bonds. The number of rotatable bonds is 11. The molecular formula is C20H28O3S2. The standard InChI is InChI=1S/C20H28O3S2/c21-20(22)8-4-5-12-24-14-17-16(18-9-10-19(17)23-18)11-13-25-15-6-2-1-3-7-15/h1-3,6-7,16-19H,4-5,8-14H2,(H,21,22)/t16-,17+,18-,19+/m0/s1. The van der Waals surface area contributed by atoms with Gasteiger partial charge in [-0.25, -0.2) is 0 Å². The lowest BCUT2D eigenvalue weighted by Gasteiger charge is -2.27. The lowest BCUT2D eigenvalue weighted by atomic mass is 9.79. The smallest absolute Gasteiger partial charge is 0.303 e. The highest BCUT2D eigenvalue weighted by atomic mass is 32.2. The summed E-state index contributed by atoms with van der Waals surface area (Å²) in [5, 5.41) is 8.69. The zero-order chi connectivity index (χ0) is 17.5. The molecule has 2 aliphatic rings. The van der Waals surface area contributed by atoms with Crippen LogP contribution in [0.5, 0.6) is 0 Å². The maximum Gasteiger partial charge on any atom is 0.303 e. The first-order chi connectivity index (χ1) is 12.2. The largest absolute Gasteiger partial charge is 0.481 e. The van der Waals surface area contributed by atoms with E-state index in [1.54, 1.807) is 0 Å². The number of ether oxygens (including phenoxy) is 1. The molecule has 0 unspecified atom stereocenters. The van der Waals surface area contributed by atoms with Crippen LogP contribution in [0.25, 0.3) is 0 Å². The monoisotopic (exact) mass is 380 g/mol. The Hall–Kier alpha value is -0.650. The lowest BCUT2D eigenvalue weighted by molar-refractivity contribution is -0.137. The molecule has 2 aliphatic heterocycles. The molecule has 0 radical (unpaired) electrons. The van der Waals surface area contributed by atoms with E-state index in [2.05, 4.69) is 30.3 Å². The highest BCUT2D eigenvalue weighted by Crippen LogP contribution is 2.46. The van der Waals surface area contributed by atoms with Gasteiger partial charge in [0.15, 0.2) is 0 Å². The van der Waals surface area contributed by atoms with Gasteiger partial charge in [-0.2, -0.15) is 11.8 Å². The summed E-state index contributed by atoms with van der Waals surface area (Å²) in [4.78, 5) is 11.9. The number of carboxylic acids is 1. The zero-order valence-electron chi connectivity index (χ0n) is 14.6. The van der Waals surface area contributed by atoms with Crippen molar-refractivity contribution in [2.75, 3.05) is 17.3 Å². The van der Waals surface area contributed by atoms with Gasteiger partial charge < -0.3 is 9.84 Å². The molecule has 138 valence electrons. The van der Waals surface area contributed by atoms with Crippen molar-refractivity contribution in [1.82, 2.24) is 0 Å². The van der Waals surface area contributed by atoms with Crippen molar-refractivity contribution in [2.24, 2.45) is 11.8 Å². The number of carbonyl (C=O) groups is 1. The number of hydrogen-bond donors (Lipinski definition) is 1. The fourth-order valence-corrected chi connectivity index (χ4v) is 6.31. The van der Waals surface area contributed by atoms with Gasteiger partial charge in [0.1, 0.15) is 0 Å². The molecule has 0 aromatic heterocycles. The van der Waals surface area contributed by atoms with Gasteiger partial charge in [0.25, 0.3) is 0 Å². The summed E-state index contributed by atoms with van der Waals surface area (Å²) in [6.45, 7) is 0. The number of benzene rings is 1. The van der Waals surface area contributed by atoms with E-state index in [9.17, 15) is 4.79 Å². The third-order valence-electron chi connectivity index (χ3n) is 5.29. The van der Waals surface area contributed by atoms with Crippen molar-refractivity contribution < 1.29 is 14.6 Å². The first-order valence-corrected chi connectivity index (χ1v) is 11.5. The highest BCUT2D eigenvalue weighted by molar-refractivity contribution is 7.99. The zero-order valence-corrected chi connectivity index (χ0v) is 16.3. The maximum absolute atomic E-state index is 10.5. The molecule has 4 atom stereocenters. The van der Waals surface area contributed by atoms with Gasteiger partial charge in [-0.3, -0.25) is 4.79 Å². The molecule has 2 saturated heterocycles. The van der Waals surface area contributed by atoms with E-state index in [4.69, 9.17) is 9.84 Å². The summed E-state index contributed by atoms with van der Waals surface area (Å²) < 4.78 is 6.21. The second-order valence-corrected chi connectivity index (χ2v) is 9.31. The highest BCUT2D eigenvalue weighted by Gasteiger charge is 2.47. The molecule has 3 nitrogen and oxygen atoms in total. The number of carboxylic acid groups (broad SMARTS) is 1. The van der Waals surface area contributed by atoms with Crippen LogP contribution in [-0.4, -0.2) is 40.5 Å². The van der Waals surface area contributed by atoms with Gasteiger partial charge in [0.2, 0.25) is 0 Å². The Labute approximate surface area is 159 Å². The summed E-state index contributed by atoms with van der Waals surface area (Å²) in [5.41, 5.74) is 0. The van der Waals surface area contributed by atoms with Crippen LogP contribution in [-0.2, 0) is 9.53 Å². The first kappa shape index (κ1) is 19.1. The van der Waals surface area contributed by atoms with Crippen LogP contribution in [0.4, 0.5) is 0 Å². The molecule has 0 spiro atoms. The summed E-state index contributed by atoms with van der Waals surface area (Å²) in [6.07, 6.45) is 6.78. The fraction of sp³-hybridized carbons (Fsp3) is 0.650. The second-order valence-electron chi connectivity index (χ2n) is 6.99. The number of fused-ring (bicyclic) bond motifs is 2. The molecule has 1 aromatic rings. The van der Waals surface area contributed by atoms with Crippen LogP contribution in [0.1, 0.15) is 38.5 Å². The molecule has 3 rings (SSSR count). The summed E-state index contributed by atoms with van der Waals surface area (Å²) in [7, 11) is 0. The van der Waals surface area contributed by atoms with Gasteiger partial charge in [0.05, 0.1) is 12.2 Å². The first-order valence-electron chi connectivity index (χ1n) is 9.37. The molecular weight excluding hydrogens is 352 g/mol. The van der Waals surface area contributed by atoms with Crippen LogP contribution in [0.3, 0.4) is 0 Å². The van der Waals surface area contributed by atoms with Crippen LogP contribution in [0.2, 0.25) is 0 Å². The van der Waals surface area contributed by atoms with Crippen molar-refractivity contribution in [3.05, 3.63) is 30.3 Å². The summed E-state index contributed by atoms with van der Waals surface area (Å²) in [5.74, 6) is 4.14. The number of thioether (sulfide) groups is 2. The Balaban J connectivity index is 1.38. The average Bonchev–Trinajstić information content (AvgIpc) is 3.21. The third kappa shape index (κ3) is 5.66. The Morgan fingerprint density at radius 2 is 1.84 bits per heavy atom. The predicted molar refractivity (Wildman–Crippen MR) is 105 cm³/mol. The summed E-state index contributed by atoms with van der Waals surface area (Å²) >= 11 is 3.95. The molecule has 1 N–H and O–H groups in total. The molecule has 2 fully saturated rings. The van der Waals surface area contributed by atoms with E-state index in [-0.39, 0.29) is 0 Å². The normalized spacial score (nSPS) is 27.7. The predicted octanol–water partition coefficient (Wildman–Crippen LogP) is 4.95. The van der Waals surface area contributed by atoms with Crippen molar-refractivity contribution in [1.29, 1.82) is 0 Å². The fourth-order valence-electron chi connectivity index (χ4n) is 4.03. The van der Waals surface area contributed by atoms with E-state index in [0.29, 0.717) is 30.5 Å². The second kappa shape index (κ2) is 9.89. The number of aliphatic carboxylic acids is 1. The number of hydrogen-bond acceptors (Lipinski definition) is 4. The molecule has 5 heteroatoms. The van der Waals surface area contributed by atoms with Gasteiger partial charge in [-0.15, -0.1) is 11.8 Å². The minimum Gasteiger partial charge on any atom is -0.481 e. The average molecular weight is 381 g/mol. The van der Waals surface area contributed by atoms with Crippen LogP contribution in [0.15, 0.2) is 35.2 Å². The van der Waals surface area contributed by atoms with E-state index >= 15 is 0 Å². The lowest BCUT2D eigenvalue weighted by Crippen LogP contribution is -2.29. The molecule has 25 heavy (non-hydrogen) atoms. The Bertz CT molecular complexity index is 537. The Morgan fingerprint density at radius 3 is 2.60 bits per heavy atom. The van der Waals surface area contributed by atoms with Crippen molar-refractivity contribution in [2.45, 2.75) is 55.6 Å². The van der Waals surface area contributed by atoms with Gasteiger partial charge >= 0.3 is 5.97 Å².